The van der Waals surface area contributed by atoms with E-state index in [0.717, 1.165) is 0 Å². The lowest BCUT2D eigenvalue weighted by Crippen LogP contribution is -2.41. The van der Waals surface area contributed by atoms with E-state index in [1.165, 1.54) is 10.9 Å². The molecule has 0 saturated heterocycles. The van der Waals surface area contributed by atoms with E-state index < -0.39 is 17.9 Å². The Morgan fingerprint density at radius 2 is 2.12 bits per heavy atom. The number of carboxylic acids is 1. The van der Waals surface area contributed by atoms with E-state index >= 15 is 0 Å². The minimum Gasteiger partial charge on any atom is -0.480 e. The van der Waals surface area contributed by atoms with Crippen molar-refractivity contribution in [1.82, 2.24) is 14.9 Å². The maximum absolute atomic E-state index is 12.3. The van der Waals surface area contributed by atoms with Gasteiger partial charge in [-0.3, -0.25) is 14.2 Å². The van der Waals surface area contributed by atoms with Gasteiger partial charge in [-0.25, -0.2) is 9.78 Å². The third-order valence-corrected chi connectivity index (χ3v) is 3.60. The predicted octanol–water partition coefficient (Wildman–Crippen LogP) is 1.32. The van der Waals surface area contributed by atoms with Crippen molar-refractivity contribution < 1.29 is 14.7 Å². The fraction of sp³-hybridized carbons (Fsp3) is 0.294. The molecule has 0 spiro atoms. The fourth-order valence-corrected chi connectivity index (χ4v) is 2.30. The zero-order chi connectivity index (χ0) is 17.5. The van der Waals surface area contributed by atoms with Crippen LogP contribution in [0, 0.1) is 0 Å². The van der Waals surface area contributed by atoms with Crippen LogP contribution in [0.3, 0.4) is 0 Å². The Bertz CT molecular complexity index is 813. The Hall–Kier alpha value is -2.96. The van der Waals surface area contributed by atoms with Crippen LogP contribution in [0.2, 0.25) is 0 Å². The smallest absolute Gasteiger partial charge is 0.326 e. The number of fused-ring (bicyclic) bond motifs is 1. The number of para-hydroxylation sites is 1. The highest BCUT2D eigenvalue weighted by Crippen LogP contribution is 2.05. The van der Waals surface area contributed by atoms with Gasteiger partial charge in [-0.05, 0) is 25.0 Å². The van der Waals surface area contributed by atoms with Crippen molar-refractivity contribution in [2.45, 2.75) is 31.8 Å². The largest absolute Gasteiger partial charge is 0.480 e. The molecule has 1 aromatic heterocycles. The second-order valence-electron chi connectivity index (χ2n) is 5.33. The molecule has 0 bridgehead atoms. The van der Waals surface area contributed by atoms with Crippen molar-refractivity contribution in [3.05, 3.63) is 53.6 Å². The minimum absolute atomic E-state index is 0.00219. The number of carbonyl (C=O) groups is 2. The lowest BCUT2D eigenvalue weighted by molar-refractivity contribution is -0.142. The van der Waals surface area contributed by atoms with Crippen molar-refractivity contribution in [3.63, 3.8) is 0 Å². The Morgan fingerprint density at radius 1 is 1.38 bits per heavy atom. The summed E-state index contributed by atoms with van der Waals surface area (Å²) < 4.78 is 1.35. The third-order valence-electron chi connectivity index (χ3n) is 3.60. The SMILES string of the molecule is C=CCCC(NC(=O)CCn1cnc2ccccc2c1=O)C(=O)O. The number of aliphatic carboxylic acids is 1. The summed E-state index contributed by atoms with van der Waals surface area (Å²) in [6, 6.07) is 6.00. The number of carboxylic acid groups (broad SMARTS) is 1. The normalized spacial score (nSPS) is 11.8. The number of hydrogen-bond donors (Lipinski definition) is 2. The summed E-state index contributed by atoms with van der Waals surface area (Å²) >= 11 is 0. The summed E-state index contributed by atoms with van der Waals surface area (Å²) in [5.74, 6) is -1.51. The zero-order valence-corrected chi connectivity index (χ0v) is 13.1. The lowest BCUT2D eigenvalue weighted by atomic mass is 10.1. The highest BCUT2D eigenvalue weighted by atomic mass is 16.4. The lowest BCUT2D eigenvalue weighted by Gasteiger charge is -2.14. The van der Waals surface area contributed by atoms with Crippen LogP contribution in [0.4, 0.5) is 0 Å². The van der Waals surface area contributed by atoms with E-state index in [0.29, 0.717) is 17.3 Å². The molecule has 1 unspecified atom stereocenters. The topological polar surface area (TPSA) is 101 Å². The second kappa shape index (κ2) is 8.05. The van der Waals surface area contributed by atoms with Crippen LogP contribution < -0.4 is 10.9 Å². The predicted molar refractivity (Wildman–Crippen MR) is 89.6 cm³/mol. The minimum atomic E-state index is -1.09. The molecule has 0 radical (unpaired) electrons. The molecule has 0 aliphatic heterocycles. The van der Waals surface area contributed by atoms with Crippen molar-refractivity contribution in [1.29, 1.82) is 0 Å². The average molecular weight is 329 g/mol. The van der Waals surface area contributed by atoms with E-state index in [9.17, 15) is 14.4 Å². The van der Waals surface area contributed by atoms with Crippen LogP contribution in [0.5, 0.6) is 0 Å². The van der Waals surface area contributed by atoms with Gasteiger partial charge in [0.15, 0.2) is 0 Å². The maximum Gasteiger partial charge on any atom is 0.326 e. The molecule has 2 rings (SSSR count). The monoisotopic (exact) mass is 329 g/mol. The number of rotatable bonds is 8. The number of benzene rings is 1. The quantitative estimate of drug-likeness (QED) is 0.711. The highest BCUT2D eigenvalue weighted by molar-refractivity contribution is 5.83. The molecule has 24 heavy (non-hydrogen) atoms. The van der Waals surface area contributed by atoms with Gasteiger partial charge in [0.05, 0.1) is 17.2 Å². The summed E-state index contributed by atoms with van der Waals surface area (Å²) in [4.78, 5) is 39.5. The molecule has 0 aliphatic rings. The first-order valence-corrected chi connectivity index (χ1v) is 7.60. The van der Waals surface area contributed by atoms with Gasteiger partial charge in [0, 0.05) is 13.0 Å². The number of allylic oxidation sites excluding steroid dienone is 1. The van der Waals surface area contributed by atoms with Crippen molar-refractivity contribution in [2.75, 3.05) is 0 Å². The number of carbonyl (C=O) groups excluding carboxylic acids is 1. The number of amides is 1. The third kappa shape index (κ3) is 4.28. The van der Waals surface area contributed by atoms with Crippen molar-refractivity contribution in [2.24, 2.45) is 0 Å². The molecule has 1 aromatic carbocycles. The van der Waals surface area contributed by atoms with Crippen LogP contribution >= 0.6 is 0 Å². The van der Waals surface area contributed by atoms with Gasteiger partial charge in [0.1, 0.15) is 6.04 Å². The molecule has 0 aliphatic carbocycles. The number of nitrogens with zero attached hydrogens (tertiary/aromatic N) is 2. The number of aromatic nitrogens is 2. The summed E-state index contributed by atoms with van der Waals surface area (Å²) in [6.45, 7) is 3.67. The molecular formula is C17H19N3O4. The van der Waals surface area contributed by atoms with Gasteiger partial charge < -0.3 is 10.4 Å². The zero-order valence-electron chi connectivity index (χ0n) is 13.1. The van der Waals surface area contributed by atoms with E-state index in [1.54, 1.807) is 30.3 Å². The fourth-order valence-electron chi connectivity index (χ4n) is 2.30. The second-order valence-corrected chi connectivity index (χ2v) is 5.33. The molecule has 2 aromatic rings. The Balaban J connectivity index is 2.01. The molecule has 1 heterocycles. The van der Waals surface area contributed by atoms with Gasteiger partial charge in [-0.15, -0.1) is 6.58 Å². The Kier molecular flexibility index (Phi) is 5.83. The molecular weight excluding hydrogens is 310 g/mol. The standard InChI is InChI=1S/C17H19N3O4/c1-2-3-7-14(17(23)24)19-15(21)9-10-20-11-18-13-8-5-4-6-12(13)16(20)22/h2,4-6,8,11,14H,1,3,7,9-10H2,(H,19,21)(H,23,24). The number of hydrogen-bond acceptors (Lipinski definition) is 4. The molecule has 2 N–H and O–H groups in total. The summed E-state index contributed by atoms with van der Waals surface area (Å²) in [5.41, 5.74) is 0.369. The Labute approximate surface area is 138 Å². The molecule has 126 valence electrons. The molecule has 7 nitrogen and oxygen atoms in total. The highest BCUT2D eigenvalue weighted by Gasteiger charge is 2.18. The van der Waals surface area contributed by atoms with E-state index in [2.05, 4.69) is 16.9 Å². The molecule has 0 fully saturated rings. The van der Waals surface area contributed by atoms with Gasteiger partial charge in [-0.2, -0.15) is 0 Å². The van der Waals surface area contributed by atoms with Gasteiger partial charge in [0.25, 0.3) is 5.56 Å². The number of aryl methyl sites for hydroxylation is 1. The van der Waals surface area contributed by atoms with Gasteiger partial charge >= 0.3 is 5.97 Å². The van der Waals surface area contributed by atoms with Crippen LogP contribution in [0.1, 0.15) is 19.3 Å². The van der Waals surface area contributed by atoms with Gasteiger partial charge in [0.2, 0.25) is 5.91 Å². The molecule has 1 amide bonds. The maximum atomic E-state index is 12.3. The van der Waals surface area contributed by atoms with Gasteiger partial charge in [-0.1, -0.05) is 18.2 Å². The van der Waals surface area contributed by atoms with E-state index in [1.807, 2.05) is 0 Å². The van der Waals surface area contributed by atoms with Crippen molar-refractivity contribution in [3.8, 4) is 0 Å². The Morgan fingerprint density at radius 3 is 2.83 bits per heavy atom. The summed E-state index contributed by atoms with van der Waals surface area (Å²) in [7, 11) is 0. The van der Waals surface area contributed by atoms with Crippen LogP contribution in [-0.4, -0.2) is 32.6 Å². The number of nitrogens with one attached hydrogen (secondary N) is 1. The molecule has 1 atom stereocenters. The van der Waals surface area contributed by atoms with Crippen LogP contribution in [0.25, 0.3) is 10.9 Å². The molecule has 7 heteroatoms. The molecule has 0 saturated carbocycles. The first-order valence-electron chi connectivity index (χ1n) is 7.60. The van der Waals surface area contributed by atoms with Crippen molar-refractivity contribution >= 4 is 22.8 Å². The van der Waals surface area contributed by atoms with E-state index in [-0.39, 0.29) is 24.9 Å². The first kappa shape index (κ1) is 17.4. The summed E-state index contributed by atoms with van der Waals surface area (Å²) in [5, 5.41) is 12.0. The average Bonchev–Trinajstić information content (AvgIpc) is 2.58. The van der Waals surface area contributed by atoms with E-state index in [4.69, 9.17) is 5.11 Å². The first-order chi connectivity index (χ1) is 11.5. The van der Waals surface area contributed by atoms with Crippen LogP contribution in [0.15, 0.2) is 48.0 Å². The summed E-state index contributed by atoms with van der Waals surface area (Å²) in [6.07, 6.45) is 3.76. The van der Waals surface area contributed by atoms with Crippen LogP contribution in [-0.2, 0) is 16.1 Å².